The van der Waals surface area contributed by atoms with Crippen LogP contribution in [0.2, 0.25) is 0 Å². The molecule has 0 bridgehead atoms. The average molecular weight is 293 g/mol. The van der Waals surface area contributed by atoms with E-state index < -0.39 is 0 Å². The normalized spacial score (nSPS) is 20.2. The Hall–Kier alpha value is -1.40. The van der Waals surface area contributed by atoms with Gasteiger partial charge in [0, 0.05) is 25.3 Å². The summed E-state index contributed by atoms with van der Waals surface area (Å²) in [7, 11) is 0. The highest BCUT2D eigenvalue weighted by atomic mass is 16.2. The van der Waals surface area contributed by atoms with Crippen molar-refractivity contribution in [3.8, 4) is 0 Å². The molecule has 118 valence electrons. The van der Waals surface area contributed by atoms with Crippen molar-refractivity contribution in [3.63, 3.8) is 0 Å². The van der Waals surface area contributed by atoms with E-state index in [1.807, 2.05) is 10.9 Å². The van der Waals surface area contributed by atoms with Crippen molar-refractivity contribution >= 4 is 5.91 Å². The molecule has 0 saturated carbocycles. The van der Waals surface area contributed by atoms with Crippen molar-refractivity contribution in [1.29, 1.82) is 0 Å². The molecule has 0 spiro atoms. The zero-order valence-electron chi connectivity index (χ0n) is 12.8. The Morgan fingerprint density at radius 1 is 1.67 bits per heavy atom. The fourth-order valence-corrected chi connectivity index (χ4v) is 2.68. The Kier molecular flexibility index (Phi) is 6.20. The maximum absolute atomic E-state index is 12.2. The fraction of sp³-hybridized carbons (Fsp3) is 0.733. The number of carbonyl (C=O) groups excluding carboxylic acids is 1. The first-order valence-corrected chi connectivity index (χ1v) is 8.01. The lowest BCUT2D eigenvalue weighted by Crippen LogP contribution is -2.40. The monoisotopic (exact) mass is 293 g/mol. The van der Waals surface area contributed by atoms with Gasteiger partial charge < -0.3 is 16.4 Å². The Morgan fingerprint density at radius 3 is 3.19 bits per heavy atom. The summed E-state index contributed by atoms with van der Waals surface area (Å²) in [5.74, 6) is -0.121. The molecule has 1 amide bonds. The molecule has 2 atom stereocenters. The first-order valence-electron chi connectivity index (χ1n) is 8.01. The predicted molar refractivity (Wildman–Crippen MR) is 83.2 cm³/mol. The number of piperidine rings is 1. The van der Waals surface area contributed by atoms with Crippen LogP contribution in [0.25, 0.3) is 0 Å². The Bertz CT molecular complexity index is 439. The Balaban J connectivity index is 1.91. The summed E-state index contributed by atoms with van der Waals surface area (Å²) < 4.78 is 1.91. The van der Waals surface area contributed by atoms with E-state index in [4.69, 9.17) is 5.73 Å². The van der Waals surface area contributed by atoms with Crippen molar-refractivity contribution in [2.75, 3.05) is 19.6 Å². The number of hydrogen-bond acceptors (Lipinski definition) is 4. The van der Waals surface area contributed by atoms with Crippen molar-refractivity contribution in [2.24, 2.45) is 5.73 Å². The van der Waals surface area contributed by atoms with Crippen LogP contribution in [0, 0.1) is 0 Å². The molecule has 0 aliphatic carbocycles. The topological polar surface area (TPSA) is 85.0 Å². The third kappa shape index (κ3) is 4.54. The summed E-state index contributed by atoms with van der Waals surface area (Å²) >= 11 is 0. The summed E-state index contributed by atoms with van der Waals surface area (Å²) in [6, 6.07) is 2.18. The largest absolute Gasteiger partial charge is 0.347 e. The lowest BCUT2D eigenvalue weighted by Gasteiger charge is -2.23. The number of nitrogens with one attached hydrogen (secondary N) is 2. The minimum atomic E-state index is -0.121. The van der Waals surface area contributed by atoms with Crippen molar-refractivity contribution in [3.05, 3.63) is 18.0 Å². The average Bonchev–Trinajstić information content (AvgIpc) is 3.02. The van der Waals surface area contributed by atoms with Gasteiger partial charge in [-0.1, -0.05) is 19.8 Å². The number of carbonyl (C=O) groups is 1. The van der Waals surface area contributed by atoms with Gasteiger partial charge in [0.2, 0.25) is 0 Å². The molecule has 0 aromatic carbocycles. The quantitative estimate of drug-likeness (QED) is 0.701. The van der Waals surface area contributed by atoms with E-state index in [1.54, 1.807) is 6.07 Å². The van der Waals surface area contributed by atoms with Gasteiger partial charge in [-0.05, 0) is 31.9 Å². The van der Waals surface area contributed by atoms with E-state index >= 15 is 0 Å². The van der Waals surface area contributed by atoms with Gasteiger partial charge >= 0.3 is 0 Å². The van der Waals surface area contributed by atoms with Gasteiger partial charge in [0.15, 0.2) is 0 Å². The van der Waals surface area contributed by atoms with Crippen LogP contribution in [0.15, 0.2) is 12.3 Å². The zero-order valence-corrected chi connectivity index (χ0v) is 12.8. The molecule has 21 heavy (non-hydrogen) atoms. The van der Waals surface area contributed by atoms with Gasteiger partial charge in [-0.3, -0.25) is 9.48 Å². The van der Waals surface area contributed by atoms with Gasteiger partial charge in [-0.15, -0.1) is 0 Å². The van der Waals surface area contributed by atoms with E-state index in [0.29, 0.717) is 18.3 Å². The summed E-state index contributed by atoms with van der Waals surface area (Å²) in [5, 5.41) is 10.8. The summed E-state index contributed by atoms with van der Waals surface area (Å²) in [5.41, 5.74) is 6.20. The molecule has 4 N–H and O–H groups in total. The minimum absolute atomic E-state index is 0.0407. The molecule has 1 aliphatic rings. The Labute approximate surface area is 126 Å². The van der Waals surface area contributed by atoms with Crippen molar-refractivity contribution in [1.82, 2.24) is 20.4 Å². The second-order valence-corrected chi connectivity index (χ2v) is 5.73. The maximum Gasteiger partial charge on any atom is 0.272 e. The fourth-order valence-electron chi connectivity index (χ4n) is 2.68. The van der Waals surface area contributed by atoms with Crippen LogP contribution in [0.3, 0.4) is 0 Å². The molecule has 2 unspecified atom stereocenters. The summed E-state index contributed by atoms with van der Waals surface area (Å²) in [4.78, 5) is 12.2. The van der Waals surface area contributed by atoms with Crippen LogP contribution in [0.1, 0.15) is 55.6 Å². The first-order chi connectivity index (χ1) is 10.2. The predicted octanol–water partition coefficient (Wildman–Crippen LogP) is 1.05. The number of rotatable bonds is 7. The van der Waals surface area contributed by atoms with Crippen LogP contribution in [-0.4, -0.2) is 41.4 Å². The van der Waals surface area contributed by atoms with Gasteiger partial charge in [0.1, 0.15) is 5.69 Å². The highest BCUT2D eigenvalue weighted by Gasteiger charge is 2.19. The molecule has 6 heteroatoms. The number of nitrogens with zero attached hydrogens (tertiary/aromatic N) is 2. The van der Waals surface area contributed by atoms with Crippen molar-refractivity contribution < 1.29 is 4.79 Å². The number of unbranched alkanes of at least 4 members (excludes halogenated alkanes) is 1. The smallest absolute Gasteiger partial charge is 0.272 e. The van der Waals surface area contributed by atoms with Crippen LogP contribution >= 0.6 is 0 Å². The second kappa shape index (κ2) is 8.14. The lowest BCUT2D eigenvalue weighted by molar-refractivity contribution is 0.0929. The first kappa shape index (κ1) is 16.0. The van der Waals surface area contributed by atoms with E-state index in [0.717, 1.165) is 45.2 Å². The van der Waals surface area contributed by atoms with E-state index in [2.05, 4.69) is 22.7 Å². The molecular formula is C15H27N5O. The van der Waals surface area contributed by atoms with E-state index in [9.17, 15) is 4.79 Å². The number of amides is 1. The molecule has 1 aromatic heterocycles. The van der Waals surface area contributed by atoms with Crippen LogP contribution in [-0.2, 0) is 0 Å². The number of hydrogen-bond donors (Lipinski definition) is 3. The van der Waals surface area contributed by atoms with Gasteiger partial charge in [0.25, 0.3) is 5.91 Å². The van der Waals surface area contributed by atoms with Crippen LogP contribution in [0.5, 0.6) is 0 Å². The van der Waals surface area contributed by atoms with E-state index in [-0.39, 0.29) is 11.9 Å². The molecule has 6 nitrogen and oxygen atoms in total. The highest BCUT2D eigenvalue weighted by Crippen LogP contribution is 2.15. The molecule has 1 fully saturated rings. The molecule has 1 aliphatic heterocycles. The summed E-state index contributed by atoms with van der Waals surface area (Å²) in [6.45, 7) is 4.60. The molecule has 0 radical (unpaired) electrons. The van der Waals surface area contributed by atoms with Crippen molar-refractivity contribution in [2.45, 2.75) is 51.1 Å². The van der Waals surface area contributed by atoms with Gasteiger partial charge in [-0.25, -0.2) is 0 Å². The SMILES string of the molecule is CCCCC(CN)NC(=O)c1ccn(C2CCCNC2)n1. The van der Waals surface area contributed by atoms with E-state index in [1.165, 1.54) is 0 Å². The zero-order chi connectivity index (χ0) is 15.1. The lowest BCUT2D eigenvalue weighted by atomic mass is 10.1. The Morgan fingerprint density at radius 2 is 2.52 bits per heavy atom. The maximum atomic E-state index is 12.2. The summed E-state index contributed by atoms with van der Waals surface area (Å²) in [6.07, 6.45) is 7.26. The molecule has 2 heterocycles. The van der Waals surface area contributed by atoms with Crippen LogP contribution in [0.4, 0.5) is 0 Å². The molecular weight excluding hydrogens is 266 g/mol. The molecule has 1 saturated heterocycles. The third-order valence-corrected chi connectivity index (χ3v) is 4.01. The number of aromatic nitrogens is 2. The third-order valence-electron chi connectivity index (χ3n) is 4.01. The molecule has 2 rings (SSSR count). The van der Waals surface area contributed by atoms with Gasteiger partial charge in [-0.2, -0.15) is 5.10 Å². The van der Waals surface area contributed by atoms with Gasteiger partial charge in [0.05, 0.1) is 6.04 Å². The number of nitrogens with two attached hydrogens (primary N) is 1. The van der Waals surface area contributed by atoms with Crippen LogP contribution < -0.4 is 16.4 Å². The standard InChI is InChI=1S/C15H27N5O/c1-2-3-5-12(10-16)18-15(21)14-7-9-20(19-14)13-6-4-8-17-11-13/h7,9,12-13,17H,2-6,8,10-11,16H2,1H3,(H,18,21). The molecule has 1 aromatic rings. The second-order valence-electron chi connectivity index (χ2n) is 5.73. The minimum Gasteiger partial charge on any atom is -0.347 e. The highest BCUT2D eigenvalue weighted by molar-refractivity contribution is 5.92.